The van der Waals surface area contributed by atoms with E-state index in [-0.39, 0.29) is 23.6 Å². The highest BCUT2D eigenvalue weighted by molar-refractivity contribution is 5.95. The summed E-state index contributed by atoms with van der Waals surface area (Å²) in [5.41, 5.74) is 6.04. The summed E-state index contributed by atoms with van der Waals surface area (Å²) in [6.45, 7) is -0.253. The molecule has 2 aromatic carbocycles. The minimum absolute atomic E-state index is 0.00961. The van der Waals surface area contributed by atoms with Crippen molar-refractivity contribution in [3.8, 4) is 11.5 Å². The average molecular weight is 291 g/mol. The minimum atomic E-state index is -0.715. The van der Waals surface area contributed by atoms with Crippen molar-refractivity contribution in [2.75, 3.05) is 12.8 Å². The van der Waals surface area contributed by atoms with E-state index in [2.05, 4.69) is 4.74 Å². The molecule has 2 rings (SSSR count). The standard InChI is InChI=1S/C15H14FNO4/c1-20-15(19)10-6-14(11(16)7-12(10)17)21-13-5-3-2-4-9(13)8-18/h2-7,18H,8,17H2,1H3. The van der Waals surface area contributed by atoms with Gasteiger partial charge in [0.1, 0.15) is 5.75 Å². The number of hydrogen-bond donors (Lipinski definition) is 2. The average Bonchev–Trinajstić information content (AvgIpc) is 2.49. The first kappa shape index (κ1) is 14.8. The molecule has 0 atom stereocenters. The molecule has 6 heteroatoms. The second-order valence-electron chi connectivity index (χ2n) is 4.23. The number of methoxy groups -OCH3 is 1. The van der Waals surface area contributed by atoms with Gasteiger partial charge in [0, 0.05) is 23.4 Å². The number of halogens is 1. The van der Waals surface area contributed by atoms with Gasteiger partial charge in [-0.15, -0.1) is 0 Å². The van der Waals surface area contributed by atoms with Crippen LogP contribution in [0.1, 0.15) is 15.9 Å². The van der Waals surface area contributed by atoms with Gasteiger partial charge >= 0.3 is 5.97 Å². The third-order valence-electron chi connectivity index (χ3n) is 2.87. The number of anilines is 1. The van der Waals surface area contributed by atoms with E-state index >= 15 is 0 Å². The van der Waals surface area contributed by atoms with E-state index in [1.807, 2.05) is 0 Å². The topological polar surface area (TPSA) is 81.8 Å². The summed E-state index contributed by atoms with van der Waals surface area (Å²) in [6.07, 6.45) is 0. The lowest BCUT2D eigenvalue weighted by atomic mass is 10.1. The Hall–Kier alpha value is -2.60. The number of carbonyl (C=O) groups excluding carboxylic acids is 1. The Labute approximate surface area is 120 Å². The first-order valence-electron chi connectivity index (χ1n) is 6.10. The minimum Gasteiger partial charge on any atom is -0.465 e. The quantitative estimate of drug-likeness (QED) is 0.668. The third kappa shape index (κ3) is 3.11. The van der Waals surface area contributed by atoms with Crippen LogP contribution < -0.4 is 10.5 Å². The van der Waals surface area contributed by atoms with Gasteiger partial charge in [-0.25, -0.2) is 9.18 Å². The highest BCUT2D eigenvalue weighted by Gasteiger charge is 2.16. The molecule has 0 bridgehead atoms. The van der Waals surface area contributed by atoms with Crippen molar-refractivity contribution in [1.82, 2.24) is 0 Å². The van der Waals surface area contributed by atoms with Crippen LogP contribution in [0.25, 0.3) is 0 Å². The summed E-state index contributed by atoms with van der Waals surface area (Å²) in [5.74, 6) is -1.29. The maximum absolute atomic E-state index is 13.9. The molecule has 0 aliphatic rings. The lowest BCUT2D eigenvalue weighted by Gasteiger charge is -2.12. The van der Waals surface area contributed by atoms with Gasteiger partial charge in [-0.3, -0.25) is 0 Å². The Morgan fingerprint density at radius 3 is 2.67 bits per heavy atom. The summed E-state index contributed by atoms with van der Waals surface area (Å²) in [4.78, 5) is 11.6. The van der Waals surface area contributed by atoms with Crippen LogP contribution >= 0.6 is 0 Å². The molecule has 0 spiro atoms. The predicted octanol–water partition coefficient (Wildman–Crippen LogP) is 2.48. The van der Waals surface area contributed by atoms with E-state index in [0.29, 0.717) is 11.3 Å². The van der Waals surface area contributed by atoms with Gasteiger partial charge in [-0.2, -0.15) is 0 Å². The number of nitrogens with two attached hydrogens (primary N) is 1. The zero-order valence-electron chi connectivity index (χ0n) is 11.3. The second-order valence-corrected chi connectivity index (χ2v) is 4.23. The molecule has 21 heavy (non-hydrogen) atoms. The van der Waals surface area contributed by atoms with Gasteiger partial charge in [-0.1, -0.05) is 18.2 Å². The van der Waals surface area contributed by atoms with Crippen molar-refractivity contribution in [2.24, 2.45) is 0 Å². The zero-order valence-corrected chi connectivity index (χ0v) is 11.3. The molecule has 110 valence electrons. The van der Waals surface area contributed by atoms with Gasteiger partial charge < -0.3 is 20.3 Å². The number of benzene rings is 2. The van der Waals surface area contributed by atoms with E-state index in [4.69, 9.17) is 10.5 Å². The van der Waals surface area contributed by atoms with Crippen molar-refractivity contribution in [3.63, 3.8) is 0 Å². The van der Waals surface area contributed by atoms with Crippen molar-refractivity contribution >= 4 is 11.7 Å². The highest BCUT2D eigenvalue weighted by Crippen LogP contribution is 2.30. The fraction of sp³-hybridized carbons (Fsp3) is 0.133. The molecule has 0 fully saturated rings. The number of ether oxygens (including phenoxy) is 2. The highest BCUT2D eigenvalue weighted by atomic mass is 19.1. The van der Waals surface area contributed by atoms with Gasteiger partial charge in [-0.05, 0) is 6.07 Å². The Kier molecular flexibility index (Phi) is 4.39. The van der Waals surface area contributed by atoms with Crippen molar-refractivity contribution in [2.45, 2.75) is 6.61 Å². The molecule has 3 N–H and O–H groups in total. The fourth-order valence-electron chi connectivity index (χ4n) is 1.79. The Morgan fingerprint density at radius 1 is 1.29 bits per heavy atom. The monoisotopic (exact) mass is 291 g/mol. The Bertz CT molecular complexity index is 673. The second kappa shape index (κ2) is 6.23. The van der Waals surface area contributed by atoms with Crippen LogP contribution in [0, 0.1) is 5.82 Å². The van der Waals surface area contributed by atoms with Crippen LogP contribution in [0.5, 0.6) is 11.5 Å². The van der Waals surface area contributed by atoms with Crippen LogP contribution in [0.15, 0.2) is 36.4 Å². The van der Waals surface area contributed by atoms with Gasteiger partial charge in [0.15, 0.2) is 11.6 Å². The number of esters is 1. The fourth-order valence-corrected chi connectivity index (χ4v) is 1.79. The largest absolute Gasteiger partial charge is 0.465 e. The summed E-state index contributed by atoms with van der Waals surface area (Å²) >= 11 is 0. The Morgan fingerprint density at radius 2 is 2.00 bits per heavy atom. The van der Waals surface area contributed by atoms with Crippen LogP contribution in [-0.4, -0.2) is 18.2 Å². The van der Waals surface area contributed by atoms with Gasteiger partial charge in [0.2, 0.25) is 0 Å². The number of hydrogen-bond acceptors (Lipinski definition) is 5. The lowest BCUT2D eigenvalue weighted by molar-refractivity contribution is 0.0601. The number of aliphatic hydroxyl groups excluding tert-OH is 1. The first-order chi connectivity index (χ1) is 10.1. The van der Waals surface area contributed by atoms with E-state index in [9.17, 15) is 14.3 Å². The lowest BCUT2D eigenvalue weighted by Crippen LogP contribution is -2.07. The number of carbonyl (C=O) groups is 1. The SMILES string of the molecule is COC(=O)c1cc(Oc2ccccc2CO)c(F)cc1N. The van der Waals surface area contributed by atoms with Crippen molar-refractivity contribution in [1.29, 1.82) is 0 Å². The molecular weight excluding hydrogens is 277 g/mol. The first-order valence-corrected chi connectivity index (χ1v) is 6.10. The molecule has 0 amide bonds. The molecule has 0 unspecified atom stereocenters. The van der Waals surface area contributed by atoms with Crippen molar-refractivity contribution in [3.05, 3.63) is 53.3 Å². The van der Waals surface area contributed by atoms with Gasteiger partial charge in [0.25, 0.3) is 0 Å². The van der Waals surface area contributed by atoms with Crippen molar-refractivity contribution < 1.29 is 23.8 Å². The van der Waals surface area contributed by atoms with Crippen LogP contribution in [0.4, 0.5) is 10.1 Å². The van der Waals surface area contributed by atoms with Crippen LogP contribution in [0.2, 0.25) is 0 Å². The third-order valence-corrected chi connectivity index (χ3v) is 2.87. The maximum atomic E-state index is 13.9. The zero-order chi connectivity index (χ0) is 15.4. The normalized spacial score (nSPS) is 10.2. The number of rotatable bonds is 4. The van der Waals surface area contributed by atoms with Gasteiger partial charge in [0.05, 0.1) is 19.3 Å². The summed E-state index contributed by atoms with van der Waals surface area (Å²) in [6, 6.07) is 8.79. The maximum Gasteiger partial charge on any atom is 0.340 e. The molecule has 0 radical (unpaired) electrons. The summed E-state index contributed by atoms with van der Waals surface area (Å²) < 4.78 is 23.9. The number of para-hydroxylation sites is 1. The molecule has 5 nitrogen and oxygen atoms in total. The van der Waals surface area contributed by atoms with Crippen LogP contribution in [-0.2, 0) is 11.3 Å². The summed E-state index contributed by atoms with van der Waals surface area (Å²) in [5, 5.41) is 9.22. The van der Waals surface area contributed by atoms with E-state index in [1.54, 1.807) is 24.3 Å². The molecular formula is C15H14FNO4. The molecule has 2 aromatic rings. The molecule has 0 saturated heterocycles. The molecule has 0 heterocycles. The molecule has 0 aliphatic carbocycles. The number of aliphatic hydroxyl groups is 1. The van der Waals surface area contributed by atoms with E-state index in [1.165, 1.54) is 13.2 Å². The molecule has 0 aliphatic heterocycles. The van der Waals surface area contributed by atoms with Crippen LogP contribution in [0.3, 0.4) is 0 Å². The van der Waals surface area contributed by atoms with E-state index in [0.717, 1.165) is 6.07 Å². The smallest absolute Gasteiger partial charge is 0.340 e. The van der Waals surface area contributed by atoms with E-state index < -0.39 is 11.8 Å². The summed E-state index contributed by atoms with van der Waals surface area (Å²) in [7, 11) is 1.20. The number of nitrogen functional groups attached to an aromatic ring is 1. The molecule has 0 saturated carbocycles. The predicted molar refractivity (Wildman–Crippen MR) is 74.6 cm³/mol. The Balaban J connectivity index is 2.42. The molecule has 0 aromatic heterocycles.